The van der Waals surface area contributed by atoms with E-state index in [1.807, 2.05) is 5.32 Å². The van der Waals surface area contributed by atoms with E-state index in [2.05, 4.69) is 5.16 Å². The van der Waals surface area contributed by atoms with Crippen LogP contribution in [0, 0.1) is 0 Å². The van der Waals surface area contributed by atoms with Gasteiger partial charge in [-0.15, -0.1) is 0 Å². The molecule has 0 fully saturated rings. The molecule has 0 bridgehead atoms. The van der Waals surface area contributed by atoms with E-state index >= 15 is 0 Å². The zero-order valence-electron chi connectivity index (χ0n) is 10.4. The molecule has 0 aliphatic heterocycles. The van der Waals surface area contributed by atoms with E-state index in [-0.39, 0.29) is 6.61 Å². The predicted molar refractivity (Wildman–Crippen MR) is 68.3 cm³/mol. The number of primary amides is 1. The van der Waals surface area contributed by atoms with E-state index in [0.717, 1.165) is 5.56 Å². The molecular weight excluding hydrogens is 250 g/mol. The minimum Gasteiger partial charge on any atom is -0.484 e. The Morgan fingerprint density at radius 1 is 1.37 bits per heavy atom. The van der Waals surface area contributed by atoms with Crippen molar-refractivity contribution in [1.29, 1.82) is 0 Å². The van der Waals surface area contributed by atoms with Gasteiger partial charge in [0, 0.05) is 6.42 Å². The van der Waals surface area contributed by atoms with Gasteiger partial charge in [0.05, 0.1) is 5.71 Å². The Kier molecular flexibility index (Phi) is 5.34. The average Bonchev–Trinajstić information content (AvgIpc) is 2.37. The number of amides is 3. The molecule has 0 saturated carbocycles. The van der Waals surface area contributed by atoms with Crippen molar-refractivity contribution in [2.24, 2.45) is 10.9 Å². The van der Waals surface area contributed by atoms with Crippen LogP contribution in [0.3, 0.4) is 0 Å². The first-order valence-corrected chi connectivity index (χ1v) is 5.50. The van der Waals surface area contributed by atoms with Gasteiger partial charge in [0.25, 0.3) is 5.91 Å². The number of benzene rings is 1. The summed E-state index contributed by atoms with van der Waals surface area (Å²) >= 11 is 0. The predicted octanol–water partition coefficient (Wildman–Crippen LogP) is 0.653. The summed E-state index contributed by atoms with van der Waals surface area (Å²) in [6.07, 6.45) is 0.527. The van der Waals surface area contributed by atoms with Gasteiger partial charge < -0.3 is 15.7 Å². The van der Waals surface area contributed by atoms with E-state index in [0.29, 0.717) is 17.9 Å². The molecule has 0 saturated heterocycles. The number of ether oxygens (including phenoxy) is 1. The third kappa shape index (κ3) is 5.53. The SMILES string of the molecule is C/C(Cc1ccc(OCC(=O)NC(N)=O)cc1)=N/O. The number of hydrogen-bond donors (Lipinski definition) is 3. The molecule has 0 aliphatic carbocycles. The highest BCUT2D eigenvalue weighted by Gasteiger charge is 2.05. The van der Waals surface area contributed by atoms with Crippen LogP contribution < -0.4 is 15.8 Å². The average molecular weight is 265 g/mol. The molecular formula is C12H15N3O4. The van der Waals surface area contributed by atoms with Crippen LogP contribution in [0.5, 0.6) is 5.75 Å². The molecule has 19 heavy (non-hydrogen) atoms. The molecule has 0 radical (unpaired) electrons. The number of nitrogens with one attached hydrogen (secondary N) is 1. The zero-order chi connectivity index (χ0) is 14.3. The molecule has 1 rings (SSSR count). The molecule has 0 aliphatic rings. The summed E-state index contributed by atoms with van der Waals surface area (Å²) < 4.78 is 5.16. The lowest BCUT2D eigenvalue weighted by Gasteiger charge is -2.06. The molecule has 0 unspecified atom stereocenters. The second-order valence-corrected chi connectivity index (χ2v) is 3.86. The smallest absolute Gasteiger partial charge is 0.318 e. The standard InChI is InChI=1S/C12H15N3O4/c1-8(15-18)6-9-2-4-10(5-3-9)19-7-11(16)14-12(13)17/h2-5,18H,6-7H2,1H3,(H3,13,14,16,17)/b15-8-. The number of oxime groups is 1. The monoisotopic (exact) mass is 265 g/mol. The second kappa shape index (κ2) is 7.00. The first-order valence-electron chi connectivity index (χ1n) is 5.50. The largest absolute Gasteiger partial charge is 0.484 e. The number of carbonyl (C=O) groups excluding carboxylic acids is 2. The van der Waals surface area contributed by atoms with Gasteiger partial charge in [0.15, 0.2) is 6.61 Å². The third-order valence-corrected chi connectivity index (χ3v) is 2.19. The molecule has 0 atom stereocenters. The first-order chi connectivity index (χ1) is 9.01. The number of rotatable bonds is 5. The maximum atomic E-state index is 11.1. The van der Waals surface area contributed by atoms with Gasteiger partial charge in [-0.2, -0.15) is 0 Å². The summed E-state index contributed by atoms with van der Waals surface area (Å²) in [6.45, 7) is 1.41. The number of carbonyl (C=O) groups is 2. The van der Waals surface area contributed by atoms with Crippen LogP contribution in [0.4, 0.5) is 4.79 Å². The van der Waals surface area contributed by atoms with Crippen LogP contribution in [0.2, 0.25) is 0 Å². The highest BCUT2D eigenvalue weighted by molar-refractivity contribution is 5.94. The highest BCUT2D eigenvalue weighted by atomic mass is 16.5. The molecule has 1 aromatic carbocycles. The van der Waals surface area contributed by atoms with Crippen molar-refractivity contribution >= 4 is 17.6 Å². The van der Waals surface area contributed by atoms with Crippen molar-refractivity contribution in [2.75, 3.05) is 6.61 Å². The van der Waals surface area contributed by atoms with E-state index in [4.69, 9.17) is 15.7 Å². The molecule has 0 spiro atoms. The number of imide groups is 1. The third-order valence-electron chi connectivity index (χ3n) is 2.19. The molecule has 102 valence electrons. The summed E-state index contributed by atoms with van der Waals surface area (Å²) in [6, 6.07) is 6.02. The van der Waals surface area contributed by atoms with Crippen LogP contribution >= 0.6 is 0 Å². The van der Waals surface area contributed by atoms with E-state index in [1.165, 1.54) is 0 Å². The molecule has 4 N–H and O–H groups in total. The van der Waals surface area contributed by atoms with Crippen molar-refractivity contribution in [2.45, 2.75) is 13.3 Å². The quantitative estimate of drug-likeness (QED) is 0.412. The number of nitrogens with zero attached hydrogens (tertiary/aromatic N) is 1. The fraction of sp³-hybridized carbons (Fsp3) is 0.250. The van der Waals surface area contributed by atoms with E-state index < -0.39 is 11.9 Å². The van der Waals surface area contributed by atoms with Gasteiger partial charge in [-0.25, -0.2) is 4.79 Å². The lowest BCUT2D eigenvalue weighted by molar-refractivity contribution is -0.121. The topological polar surface area (TPSA) is 114 Å². The van der Waals surface area contributed by atoms with Crippen molar-refractivity contribution in [3.05, 3.63) is 29.8 Å². The lowest BCUT2D eigenvalue weighted by atomic mass is 10.1. The Bertz CT molecular complexity index is 482. The highest BCUT2D eigenvalue weighted by Crippen LogP contribution is 2.12. The lowest BCUT2D eigenvalue weighted by Crippen LogP contribution is -2.38. The van der Waals surface area contributed by atoms with Gasteiger partial charge in [0.1, 0.15) is 5.75 Å². The van der Waals surface area contributed by atoms with Crippen LogP contribution in [0.1, 0.15) is 12.5 Å². The Hall–Kier alpha value is -2.57. The van der Waals surface area contributed by atoms with E-state index in [9.17, 15) is 9.59 Å². The first kappa shape index (κ1) is 14.5. The number of nitrogens with two attached hydrogens (primary N) is 1. The maximum Gasteiger partial charge on any atom is 0.318 e. The summed E-state index contributed by atoms with van der Waals surface area (Å²) in [5, 5.41) is 13.5. The van der Waals surface area contributed by atoms with Crippen molar-refractivity contribution in [3.8, 4) is 5.75 Å². The second-order valence-electron chi connectivity index (χ2n) is 3.86. The Labute approximate surface area is 110 Å². The number of hydrogen-bond acceptors (Lipinski definition) is 5. The Morgan fingerprint density at radius 3 is 2.53 bits per heavy atom. The molecule has 0 heterocycles. The normalized spacial score (nSPS) is 10.9. The van der Waals surface area contributed by atoms with Gasteiger partial charge in [-0.3, -0.25) is 10.1 Å². The zero-order valence-corrected chi connectivity index (χ0v) is 10.4. The van der Waals surface area contributed by atoms with Crippen LogP contribution in [0.25, 0.3) is 0 Å². The van der Waals surface area contributed by atoms with Crippen molar-refractivity contribution < 1.29 is 19.5 Å². The van der Waals surface area contributed by atoms with Crippen molar-refractivity contribution in [3.63, 3.8) is 0 Å². The fourth-order valence-corrected chi connectivity index (χ4v) is 1.36. The number of urea groups is 1. The molecule has 1 aromatic rings. The molecule has 7 nitrogen and oxygen atoms in total. The van der Waals surface area contributed by atoms with Gasteiger partial charge >= 0.3 is 6.03 Å². The summed E-state index contributed by atoms with van der Waals surface area (Å²) in [5.74, 6) is -0.123. The van der Waals surface area contributed by atoms with Crippen molar-refractivity contribution in [1.82, 2.24) is 5.32 Å². The maximum absolute atomic E-state index is 11.1. The van der Waals surface area contributed by atoms with Gasteiger partial charge in [-0.05, 0) is 24.6 Å². The van der Waals surface area contributed by atoms with E-state index in [1.54, 1.807) is 31.2 Å². The summed E-state index contributed by atoms with van der Waals surface area (Å²) in [4.78, 5) is 21.5. The summed E-state index contributed by atoms with van der Waals surface area (Å²) in [5.41, 5.74) is 6.32. The van der Waals surface area contributed by atoms with Gasteiger partial charge in [-0.1, -0.05) is 17.3 Å². The summed E-state index contributed by atoms with van der Waals surface area (Å²) in [7, 11) is 0. The molecule has 3 amide bonds. The van der Waals surface area contributed by atoms with Gasteiger partial charge in [0.2, 0.25) is 0 Å². The minimum atomic E-state index is -0.914. The van der Waals surface area contributed by atoms with Crippen LogP contribution in [-0.4, -0.2) is 29.5 Å². The van der Waals surface area contributed by atoms with Crippen LogP contribution in [0.15, 0.2) is 29.4 Å². The van der Waals surface area contributed by atoms with Crippen LogP contribution in [-0.2, 0) is 11.2 Å². The fourth-order valence-electron chi connectivity index (χ4n) is 1.36. The minimum absolute atomic E-state index is 0.292. The Balaban J connectivity index is 2.48. The molecule has 0 aromatic heterocycles. The Morgan fingerprint density at radius 2 is 2.00 bits per heavy atom. The molecule has 7 heteroatoms.